The van der Waals surface area contributed by atoms with E-state index in [4.69, 9.17) is 5.73 Å². The second-order valence-corrected chi connectivity index (χ2v) is 11.5. The number of nitrogens with zero attached hydrogens (tertiary/aromatic N) is 4. The lowest BCUT2D eigenvalue weighted by atomic mass is 9.96. The molecule has 2 saturated heterocycles. The van der Waals surface area contributed by atoms with Crippen molar-refractivity contribution in [1.29, 1.82) is 0 Å². The van der Waals surface area contributed by atoms with Gasteiger partial charge in [0.2, 0.25) is 0 Å². The molecule has 3 aromatic rings. The molecule has 1 aromatic heterocycles. The molecule has 0 unspecified atom stereocenters. The number of halogens is 2. The summed E-state index contributed by atoms with van der Waals surface area (Å²) in [4.78, 5) is 38.2. The number of rotatable bonds is 8. The summed E-state index contributed by atoms with van der Waals surface area (Å²) in [5, 5.41) is 9.28. The number of carbonyl (C=O) groups excluding carboxylic acids is 2. The van der Waals surface area contributed by atoms with Crippen molar-refractivity contribution in [2.24, 2.45) is 5.73 Å². The Labute approximate surface area is 249 Å². The summed E-state index contributed by atoms with van der Waals surface area (Å²) < 4.78 is 29.9. The molecule has 12 heteroatoms. The molecule has 3 fully saturated rings. The molecule has 0 bridgehead atoms. The zero-order valence-electron chi connectivity index (χ0n) is 24.1. The Kier molecular flexibility index (Phi) is 8.11. The number of hydrogen-bond acceptors (Lipinski definition) is 8. The van der Waals surface area contributed by atoms with E-state index in [-0.39, 0.29) is 29.2 Å². The van der Waals surface area contributed by atoms with Crippen LogP contribution in [-0.2, 0) is 0 Å². The van der Waals surface area contributed by atoms with Crippen LogP contribution in [-0.4, -0.2) is 66.6 Å². The first-order valence-electron chi connectivity index (χ1n) is 14.8. The topological polar surface area (TPSA) is 129 Å². The largest absolute Gasteiger partial charge is 0.367 e. The first-order chi connectivity index (χ1) is 20.8. The molecule has 43 heavy (non-hydrogen) atoms. The zero-order chi connectivity index (χ0) is 30.1. The van der Waals surface area contributed by atoms with Gasteiger partial charge in [-0.05, 0) is 74.4 Å². The van der Waals surface area contributed by atoms with E-state index >= 15 is 4.39 Å². The summed E-state index contributed by atoms with van der Waals surface area (Å²) in [6, 6.07) is 9.18. The molecule has 1 aliphatic carbocycles. The van der Waals surface area contributed by atoms with Gasteiger partial charge in [0.15, 0.2) is 11.5 Å². The summed E-state index contributed by atoms with van der Waals surface area (Å²) in [6.45, 7) is 5.58. The molecular weight excluding hydrogens is 554 g/mol. The van der Waals surface area contributed by atoms with Gasteiger partial charge < -0.3 is 31.5 Å². The van der Waals surface area contributed by atoms with Crippen LogP contribution in [0, 0.1) is 11.6 Å². The molecule has 0 radical (unpaired) electrons. The molecule has 2 aromatic carbocycles. The summed E-state index contributed by atoms with van der Waals surface area (Å²) in [5.74, 6) is -1.15. The van der Waals surface area contributed by atoms with Gasteiger partial charge in [-0.15, -0.1) is 0 Å². The van der Waals surface area contributed by atoms with Crippen molar-refractivity contribution >= 4 is 34.8 Å². The summed E-state index contributed by atoms with van der Waals surface area (Å²) in [6.07, 6.45) is 5.04. The molecule has 3 aliphatic rings. The predicted octanol–water partition coefficient (Wildman–Crippen LogP) is 3.67. The number of nitrogens with two attached hydrogens (primary N) is 1. The van der Waals surface area contributed by atoms with E-state index in [0.29, 0.717) is 49.2 Å². The molecule has 2 atom stereocenters. The van der Waals surface area contributed by atoms with Gasteiger partial charge in [-0.2, -0.15) is 0 Å². The van der Waals surface area contributed by atoms with Crippen LogP contribution in [0.2, 0.25) is 0 Å². The van der Waals surface area contributed by atoms with E-state index in [1.54, 1.807) is 18.2 Å². The minimum Gasteiger partial charge on any atom is -0.367 e. The number of benzene rings is 2. The molecule has 0 spiro atoms. The van der Waals surface area contributed by atoms with Crippen LogP contribution >= 0.6 is 0 Å². The minimum absolute atomic E-state index is 0.0287. The fourth-order valence-corrected chi connectivity index (χ4v) is 5.96. The zero-order valence-corrected chi connectivity index (χ0v) is 24.1. The highest BCUT2D eigenvalue weighted by Gasteiger charge is 2.32. The fraction of sp³-hybridized carbons (Fsp3) is 0.419. The SMILES string of the molecule is C[C@@H]1[C@H](NC(=O)c2ccc(C3CC3)cc2F)CCCN1c1cnc(C(N)=O)c(Nc2ccc(N3CCNCC3)c(F)c2)n1. The second kappa shape index (κ2) is 12.1. The number of aromatic nitrogens is 2. The Balaban J connectivity index is 1.19. The van der Waals surface area contributed by atoms with E-state index in [0.717, 1.165) is 37.9 Å². The van der Waals surface area contributed by atoms with E-state index in [2.05, 4.69) is 25.9 Å². The number of hydrogen-bond donors (Lipinski definition) is 4. The average molecular weight is 591 g/mol. The summed E-state index contributed by atoms with van der Waals surface area (Å²) in [7, 11) is 0. The number of piperidine rings is 1. The molecule has 1 saturated carbocycles. The Morgan fingerprint density at radius 1 is 1.02 bits per heavy atom. The lowest BCUT2D eigenvalue weighted by Gasteiger charge is -2.40. The number of nitrogens with one attached hydrogen (secondary N) is 3. The Bertz CT molecular complexity index is 1530. The van der Waals surface area contributed by atoms with Gasteiger partial charge in [-0.1, -0.05) is 6.07 Å². The molecular formula is C31H36F2N8O2. The van der Waals surface area contributed by atoms with Crippen LogP contribution in [0.3, 0.4) is 0 Å². The third kappa shape index (κ3) is 6.24. The normalized spacial score (nSPS) is 20.5. The third-order valence-corrected chi connectivity index (χ3v) is 8.55. The molecule has 3 heterocycles. The highest BCUT2D eigenvalue weighted by atomic mass is 19.1. The smallest absolute Gasteiger partial charge is 0.271 e. The molecule has 6 rings (SSSR count). The Hall–Kier alpha value is -4.32. The maximum Gasteiger partial charge on any atom is 0.271 e. The molecule has 2 aliphatic heterocycles. The quantitative estimate of drug-likeness (QED) is 0.313. The maximum atomic E-state index is 15.1. The number of carbonyl (C=O) groups is 2. The average Bonchev–Trinajstić information content (AvgIpc) is 3.84. The van der Waals surface area contributed by atoms with Crippen LogP contribution in [0.4, 0.5) is 31.8 Å². The van der Waals surface area contributed by atoms with Gasteiger partial charge in [0.05, 0.1) is 17.4 Å². The van der Waals surface area contributed by atoms with Crippen molar-refractivity contribution in [2.45, 2.75) is 50.6 Å². The van der Waals surface area contributed by atoms with Crippen molar-refractivity contribution < 1.29 is 18.4 Å². The number of amides is 2. The van der Waals surface area contributed by atoms with Crippen molar-refractivity contribution in [3.8, 4) is 0 Å². The van der Waals surface area contributed by atoms with Gasteiger partial charge in [0.1, 0.15) is 17.5 Å². The Morgan fingerprint density at radius 3 is 2.51 bits per heavy atom. The lowest BCUT2D eigenvalue weighted by molar-refractivity contribution is 0.0919. The summed E-state index contributed by atoms with van der Waals surface area (Å²) in [5.41, 5.74) is 7.39. The van der Waals surface area contributed by atoms with Gasteiger partial charge in [0, 0.05) is 50.5 Å². The second-order valence-electron chi connectivity index (χ2n) is 11.5. The minimum atomic E-state index is -0.772. The first kappa shape index (κ1) is 28.8. The molecule has 5 N–H and O–H groups in total. The molecule has 226 valence electrons. The highest BCUT2D eigenvalue weighted by Crippen LogP contribution is 2.40. The van der Waals surface area contributed by atoms with Crippen LogP contribution in [0.5, 0.6) is 0 Å². The van der Waals surface area contributed by atoms with Gasteiger partial charge in [0.25, 0.3) is 11.8 Å². The fourth-order valence-electron chi connectivity index (χ4n) is 5.96. The number of primary amides is 1. The number of anilines is 4. The molecule has 10 nitrogen and oxygen atoms in total. The maximum absolute atomic E-state index is 15.1. The van der Waals surface area contributed by atoms with E-state index in [1.165, 1.54) is 18.3 Å². The first-order valence-corrected chi connectivity index (χ1v) is 14.8. The predicted molar refractivity (Wildman–Crippen MR) is 161 cm³/mol. The van der Waals surface area contributed by atoms with Gasteiger partial charge in [-0.3, -0.25) is 9.59 Å². The van der Waals surface area contributed by atoms with Crippen LogP contribution in [0.1, 0.15) is 64.9 Å². The monoisotopic (exact) mass is 590 g/mol. The summed E-state index contributed by atoms with van der Waals surface area (Å²) >= 11 is 0. The van der Waals surface area contributed by atoms with Crippen LogP contribution in [0.25, 0.3) is 0 Å². The van der Waals surface area contributed by atoms with Crippen molar-refractivity contribution in [1.82, 2.24) is 20.6 Å². The van der Waals surface area contributed by atoms with Crippen molar-refractivity contribution in [3.05, 3.63) is 71.1 Å². The van der Waals surface area contributed by atoms with E-state index in [9.17, 15) is 14.0 Å². The van der Waals surface area contributed by atoms with E-state index < -0.39 is 23.4 Å². The standard InChI is InChI=1S/C31H36F2N8O2/c1-18-25(38-31(43)22-8-6-20(15-23(22)32)19-4-5-19)3-2-12-41(18)27-17-36-28(29(34)42)30(39-27)37-21-7-9-26(24(33)16-21)40-13-10-35-11-14-40/h6-9,15-19,25,35H,2-5,10-14H2,1H3,(H2,34,42)(H,37,39)(H,38,43)/t18-,25-/m1/s1. The third-order valence-electron chi connectivity index (χ3n) is 8.55. The van der Waals surface area contributed by atoms with Gasteiger partial charge >= 0.3 is 0 Å². The van der Waals surface area contributed by atoms with E-state index in [1.807, 2.05) is 22.8 Å². The van der Waals surface area contributed by atoms with Crippen LogP contribution in [0.15, 0.2) is 42.6 Å². The molecule has 2 amide bonds. The Morgan fingerprint density at radius 2 is 1.81 bits per heavy atom. The lowest BCUT2D eigenvalue weighted by Crippen LogP contribution is -2.54. The highest BCUT2D eigenvalue weighted by molar-refractivity contribution is 5.96. The van der Waals surface area contributed by atoms with Gasteiger partial charge in [-0.25, -0.2) is 18.7 Å². The van der Waals surface area contributed by atoms with Crippen molar-refractivity contribution in [2.75, 3.05) is 47.8 Å². The van der Waals surface area contributed by atoms with Crippen molar-refractivity contribution in [3.63, 3.8) is 0 Å². The number of piperazine rings is 1. The van der Waals surface area contributed by atoms with Crippen LogP contribution < -0.4 is 31.5 Å².